The lowest BCUT2D eigenvalue weighted by Gasteiger charge is -2.07. The normalized spacial score (nSPS) is 11.0. The zero-order chi connectivity index (χ0) is 15.0. The molecule has 3 aromatic rings. The molecule has 108 valence electrons. The van der Waals surface area contributed by atoms with E-state index < -0.39 is 0 Å². The van der Waals surface area contributed by atoms with E-state index in [0.29, 0.717) is 17.2 Å². The predicted octanol–water partition coefficient (Wildman–Crippen LogP) is 4.08. The summed E-state index contributed by atoms with van der Waals surface area (Å²) in [5.74, 6) is 0.830. The zero-order valence-electron chi connectivity index (χ0n) is 11.7. The molecule has 0 saturated carbocycles. The van der Waals surface area contributed by atoms with Crippen LogP contribution in [0.4, 0.5) is 10.3 Å². The molecule has 1 aromatic carbocycles. The maximum Gasteiger partial charge on any atom is 0.232 e. The minimum atomic E-state index is -0.265. The standard InChI is InChI=1S/C15H14FN3OS/c1-3-10-7-11-13(18-15(17)19-14(11)21-10)20-9-4-5-12(16)8(2)6-9/h4-7H,3H2,1-2H3,(H2,17,18,19). The second kappa shape index (κ2) is 5.29. The highest BCUT2D eigenvalue weighted by molar-refractivity contribution is 7.18. The van der Waals surface area contributed by atoms with Gasteiger partial charge in [0.15, 0.2) is 0 Å². The van der Waals surface area contributed by atoms with Crippen molar-refractivity contribution in [1.29, 1.82) is 0 Å². The molecule has 3 rings (SSSR count). The summed E-state index contributed by atoms with van der Waals surface area (Å²) in [5, 5.41) is 0.827. The van der Waals surface area contributed by atoms with Crippen molar-refractivity contribution in [3.8, 4) is 11.6 Å². The van der Waals surface area contributed by atoms with E-state index in [2.05, 4.69) is 16.9 Å². The van der Waals surface area contributed by atoms with Gasteiger partial charge in [0.1, 0.15) is 16.4 Å². The van der Waals surface area contributed by atoms with Gasteiger partial charge in [0.2, 0.25) is 11.8 Å². The van der Waals surface area contributed by atoms with Crippen LogP contribution in [0.25, 0.3) is 10.2 Å². The lowest BCUT2D eigenvalue weighted by Crippen LogP contribution is -1.97. The van der Waals surface area contributed by atoms with Crippen molar-refractivity contribution in [2.24, 2.45) is 0 Å². The van der Waals surface area contributed by atoms with Gasteiger partial charge in [-0.1, -0.05) is 6.92 Å². The number of fused-ring (bicyclic) bond motifs is 1. The topological polar surface area (TPSA) is 61.0 Å². The van der Waals surface area contributed by atoms with Gasteiger partial charge in [-0.2, -0.15) is 4.98 Å². The summed E-state index contributed by atoms with van der Waals surface area (Å²) in [4.78, 5) is 10.4. The highest BCUT2D eigenvalue weighted by atomic mass is 32.1. The Balaban J connectivity index is 2.06. The molecular weight excluding hydrogens is 289 g/mol. The number of anilines is 1. The van der Waals surface area contributed by atoms with E-state index in [1.165, 1.54) is 10.9 Å². The molecule has 2 N–H and O–H groups in total. The SMILES string of the molecule is CCc1cc2c(Oc3ccc(F)c(C)c3)nc(N)nc2s1. The van der Waals surface area contributed by atoms with Gasteiger partial charge in [0, 0.05) is 4.88 Å². The lowest BCUT2D eigenvalue weighted by molar-refractivity contribution is 0.467. The average Bonchev–Trinajstić information content (AvgIpc) is 2.86. The highest BCUT2D eigenvalue weighted by Gasteiger charge is 2.12. The van der Waals surface area contributed by atoms with E-state index >= 15 is 0 Å². The predicted molar refractivity (Wildman–Crippen MR) is 82.4 cm³/mol. The van der Waals surface area contributed by atoms with E-state index in [4.69, 9.17) is 10.5 Å². The van der Waals surface area contributed by atoms with E-state index in [0.717, 1.165) is 16.6 Å². The number of hydrogen-bond donors (Lipinski definition) is 1. The molecule has 0 radical (unpaired) electrons. The van der Waals surface area contributed by atoms with Crippen LogP contribution in [0.15, 0.2) is 24.3 Å². The number of aryl methyl sites for hydroxylation is 2. The molecule has 0 bridgehead atoms. The molecule has 21 heavy (non-hydrogen) atoms. The Morgan fingerprint density at radius 3 is 2.81 bits per heavy atom. The van der Waals surface area contributed by atoms with Crippen molar-refractivity contribution in [1.82, 2.24) is 9.97 Å². The van der Waals surface area contributed by atoms with Crippen molar-refractivity contribution < 1.29 is 9.13 Å². The summed E-state index contributed by atoms with van der Waals surface area (Å²) >= 11 is 1.57. The van der Waals surface area contributed by atoms with Crippen molar-refractivity contribution in [3.63, 3.8) is 0 Å². The van der Waals surface area contributed by atoms with Gasteiger partial charge in [-0.15, -0.1) is 11.3 Å². The van der Waals surface area contributed by atoms with Crippen LogP contribution in [0.2, 0.25) is 0 Å². The monoisotopic (exact) mass is 303 g/mol. The first-order chi connectivity index (χ1) is 10.1. The van der Waals surface area contributed by atoms with Gasteiger partial charge < -0.3 is 10.5 Å². The Hall–Kier alpha value is -2.21. The number of hydrogen-bond acceptors (Lipinski definition) is 5. The fraction of sp³-hybridized carbons (Fsp3) is 0.200. The molecule has 4 nitrogen and oxygen atoms in total. The number of halogens is 1. The first-order valence-electron chi connectivity index (χ1n) is 6.56. The quantitative estimate of drug-likeness (QED) is 0.792. The maximum absolute atomic E-state index is 13.3. The van der Waals surface area contributed by atoms with Gasteiger partial charge in [-0.25, -0.2) is 9.37 Å². The highest BCUT2D eigenvalue weighted by Crippen LogP contribution is 2.33. The molecule has 0 saturated heterocycles. The molecule has 0 atom stereocenters. The fourth-order valence-corrected chi connectivity index (χ4v) is 2.97. The minimum absolute atomic E-state index is 0.167. The van der Waals surface area contributed by atoms with Gasteiger partial charge in [-0.3, -0.25) is 0 Å². The van der Waals surface area contributed by atoms with E-state index in [-0.39, 0.29) is 11.8 Å². The molecule has 0 fully saturated rings. The molecule has 0 aliphatic heterocycles. The summed E-state index contributed by atoms with van der Waals surface area (Å²) in [5.41, 5.74) is 6.25. The minimum Gasteiger partial charge on any atom is -0.438 e. The van der Waals surface area contributed by atoms with Crippen LogP contribution >= 0.6 is 11.3 Å². The molecule has 6 heteroatoms. The molecule has 0 amide bonds. The second-order valence-corrected chi connectivity index (χ2v) is 5.80. The third kappa shape index (κ3) is 2.67. The third-order valence-corrected chi connectivity index (χ3v) is 4.29. The molecule has 2 aromatic heterocycles. The molecule has 0 aliphatic carbocycles. The van der Waals surface area contributed by atoms with Crippen molar-refractivity contribution in [2.45, 2.75) is 20.3 Å². The third-order valence-electron chi connectivity index (χ3n) is 3.12. The summed E-state index contributed by atoms with van der Waals surface area (Å²) in [6.45, 7) is 3.76. The number of nitrogen functional groups attached to an aromatic ring is 1. The number of aromatic nitrogens is 2. The molecule has 0 spiro atoms. The molecular formula is C15H14FN3OS. The van der Waals surface area contributed by atoms with E-state index in [1.807, 2.05) is 6.07 Å². The van der Waals surface area contributed by atoms with Gasteiger partial charge in [0.25, 0.3) is 0 Å². The summed E-state index contributed by atoms with van der Waals surface area (Å²) < 4.78 is 19.1. The molecule has 0 aliphatic rings. The Bertz CT molecular complexity index is 816. The van der Waals surface area contributed by atoms with Crippen LogP contribution in [0, 0.1) is 12.7 Å². The number of nitrogens with zero attached hydrogens (tertiary/aromatic N) is 2. The summed E-state index contributed by atoms with van der Waals surface area (Å²) in [6.07, 6.45) is 0.913. The van der Waals surface area contributed by atoms with Crippen molar-refractivity contribution in [3.05, 3.63) is 40.5 Å². The largest absolute Gasteiger partial charge is 0.438 e. The van der Waals surface area contributed by atoms with Crippen LogP contribution in [0.1, 0.15) is 17.4 Å². The number of nitrogens with two attached hydrogens (primary N) is 1. The van der Waals surface area contributed by atoms with Crippen LogP contribution in [0.5, 0.6) is 11.6 Å². The summed E-state index contributed by atoms with van der Waals surface area (Å²) in [7, 11) is 0. The first kappa shape index (κ1) is 13.8. The second-order valence-electron chi connectivity index (χ2n) is 4.69. The number of thiophene rings is 1. The number of ether oxygens (including phenoxy) is 1. The average molecular weight is 303 g/mol. The van der Waals surface area contributed by atoms with E-state index in [1.54, 1.807) is 30.4 Å². The fourth-order valence-electron chi connectivity index (χ4n) is 2.01. The smallest absolute Gasteiger partial charge is 0.232 e. The van der Waals surface area contributed by atoms with Crippen LogP contribution in [-0.2, 0) is 6.42 Å². The Kier molecular flexibility index (Phi) is 3.47. The van der Waals surface area contributed by atoms with Crippen LogP contribution in [-0.4, -0.2) is 9.97 Å². The number of benzene rings is 1. The number of rotatable bonds is 3. The van der Waals surface area contributed by atoms with Crippen LogP contribution in [0.3, 0.4) is 0 Å². The maximum atomic E-state index is 13.3. The molecule has 0 unspecified atom stereocenters. The van der Waals surface area contributed by atoms with Gasteiger partial charge in [0.05, 0.1) is 5.39 Å². The zero-order valence-corrected chi connectivity index (χ0v) is 12.5. The first-order valence-corrected chi connectivity index (χ1v) is 7.38. The molecule has 2 heterocycles. The lowest BCUT2D eigenvalue weighted by atomic mass is 10.2. The Morgan fingerprint density at radius 2 is 2.10 bits per heavy atom. The Labute approximate surface area is 125 Å². The Morgan fingerprint density at radius 1 is 1.29 bits per heavy atom. The van der Waals surface area contributed by atoms with Crippen molar-refractivity contribution >= 4 is 27.5 Å². The van der Waals surface area contributed by atoms with Crippen LogP contribution < -0.4 is 10.5 Å². The summed E-state index contributed by atoms with van der Waals surface area (Å²) in [6, 6.07) is 6.58. The van der Waals surface area contributed by atoms with Gasteiger partial charge in [-0.05, 0) is 43.2 Å². The van der Waals surface area contributed by atoms with E-state index in [9.17, 15) is 4.39 Å². The van der Waals surface area contributed by atoms with Gasteiger partial charge >= 0.3 is 0 Å². The van der Waals surface area contributed by atoms with Crippen molar-refractivity contribution in [2.75, 3.05) is 5.73 Å².